The van der Waals surface area contributed by atoms with E-state index >= 15 is 0 Å². The number of anilines is 2. The van der Waals surface area contributed by atoms with Gasteiger partial charge in [-0.15, -0.1) is 8.78 Å². The number of hydrogen-bond acceptors (Lipinski definition) is 5. The lowest BCUT2D eigenvalue weighted by atomic mass is 10.2. The van der Waals surface area contributed by atoms with E-state index in [-0.39, 0.29) is 11.7 Å². The number of rotatable bonds is 6. The SMILES string of the molecule is CN(C)[C@@H]1CCN(c2ncc(C(=O)Nc3ccc(OC(F)(F)Cl)cc3)cc2Br)C1. The molecule has 2 aromatic rings. The third-order valence-corrected chi connectivity index (χ3v) is 5.28. The summed E-state index contributed by atoms with van der Waals surface area (Å²) in [7, 11) is 4.12. The van der Waals surface area contributed by atoms with Gasteiger partial charge >= 0.3 is 5.57 Å². The Morgan fingerprint density at radius 2 is 2.07 bits per heavy atom. The molecule has 1 aromatic heterocycles. The van der Waals surface area contributed by atoms with Crippen molar-refractivity contribution in [3.8, 4) is 5.75 Å². The Kier molecular flexibility index (Phi) is 6.60. The van der Waals surface area contributed by atoms with E-state index in [1.807, 2.05) is 0 Å². The smallest absolute Gasteiger partial charge is 0.420 e. The normalized spacial score (nSPS) is 16.9. The summed E-state index contributed by atoms with van der Waals surface area (Å²) in [6.45, 7) is 1.77. The molecule has 156 valence electrons. The maximum Gasteiger partial charge on any atom is 0.487 e. The van der Waals surface area contributed by atoms with Crippen molar-refractivity contribution in [2.75, 3.05) is 37.4 Å². The fourth-order valence-electron chi connectivity index (χ4n) is 3.09. The van der Waals surface area contributed by atoms with Gasteiger partial charge in [-0.25, -0.2) is 4.98 Å². The van der Waals surface area contributed by atoms with Gasteiger partial charge in [-0.2, -0.15) is 0 Å². The fraction of sp³-hybridized carbons (Fsp3) is 0.368. The topological polar surface area (TPSA) is 57.7 Å². The van der Waals surface area contributed by atoms with Crippen LogP contribution < -0.4 is 15.0 Å². The third-order valence-electron chi connectivity index (χ3n) is 4.62. The van der Waals surface area contributed by atoms with Gasteiger partial charge in [0, 0.05) is 42.6 Å². The van der Waals surface area contributed by atoms with E-state index in [9.17, 15) is 13.6 Å². The molecular weight excluding hydrogens is 470 g/mol. The molecule has 0 unspecified atom stereocenters. The molecule has 0 saturated carbocycles. The second-order valence-corrected chi connectivity index (χ2v) is 8.20. The highest BCUT2D eigenvalue weighted by atomic mass is 79.9. The predicted molar refractivity (Wildman–Crippen MR) is 112 cm³/mol. The van der Waals surface area contributed by atoms with E-state index in [2.05, 4.69) is 54.9 Å². The van der Waals surface area contributed by atoms with Crippen molar-refractivity contribution in [2.24, 2.45) is 0 Å². The van der Waals surface area contributed by atoms with Crippen LogP contribution in [0.1, 0.15) is 16.8 Å². The average molecular weight is 490 g/mol. The highest BCUT2D eigenvalue weighted by Crippen LogP contribution is 2.29. The molecule has 0 spiro atoms. The first kappa shape index (κ1) is 21.7. The van der Waals surface area contributed by atoms with Crippen LogP contribution in [0.4, 0.5) is 20.3 Å². The number of carbonyl (C=O) groups is 1. The second kappa shape index (κ2) is 8.81. The van der Waals surface area contributed by atoms with Crippen molar-refractivity contribution in [2.45, 2.75) is 18.0 Å². The first-order valence-electron chi connectivity index (χ1n) is 8.86. The van der Waals surface area contributed by atoms with Crippen LogP contribution in [0.3, 0.4) is 0 Å². The van der Waals surface area contributed by atoms with Crippen LogP contribution >= 0.6 is 27.5 Å². The Morgan fingerprint density at radius 1 is 1.38 bits per heavy atom. The number of aromatic nitrogens is 1. The zero-order chi connectivity index (χ0) is 21.2. The zero-order valence-electron chi connectivity index (χ0n) is 15.8. The molecule has 0 radical (unpaired) electrons. The van der Waals surface area contributed by atoms with Crippen molar-refractivity contribution in [1.82, 2.24) is 9.88 Å². The van der Waals surface area contributed by atoms with Crippen molar-refractivity contribution >= 4 is 44.9 Å². The lowest BCUT2D eigenvalue weighted by molar-refractivity contribution is -0.0964. The van der Waals surface area contributed by atoms with E-state index in [0.717, 1.165) is 29.8 Å². The molecule has 3 rings (SSSR count). The van der Waals surface area contributed by atoms with E-state index in [1.54, 1.807) is 6.07 Å². The van der Waals surface area contributed by atoms with Crippen LogP contribution in [0.2, 0.25) is 0 Å². The lowest BCUT2D eigenvalue weighted by Gasteiger charge is -2.22. The molecule has 0 bridgehead atoms. The molecule has 29 heavy (non-hydrogen) atoms. The summed E-state index contributed by atoms with van der Waals surface area (Å²) in [5.74, 6) is 0.321. The highest BCUT2D eigenvalue weighted by Gasteiger charge is 2.28. The molecule has 2 heterocycles. The molecule has 1 aliphatic rings. The minimum atomic E-state index is -3.79. The zero-order valence-corrected chi connectivity index (χ0v) is 18.2. The summed E-state index contributed by atoms with van der Waals surface area (Å²) in [5.41, 5.74) is -2.99. The van der Waals surface area contributed by atoms with Gasteiger partial charge in [-0.3, -0.25) is 4.79 Å². The number of nitrogens with one attached hydrogen (secondary N) is 1. The van der Waals surface area contributed by atoms with E-state index in [0.29, 0.717) is 17.3 Å². The third kappa shape index (κ3) is 5.77. The molecule has 1 fully saturated rings. The minimum absolute atomic E-state index is 0.113. The van der Waals surface area contributed by atoms with Crippen molar-refractivity contribution in [1.29, 1.82) is 0 Å². The first-order chi connectivity index (χ1) is 13.6. The number of likely N-dealkylation sites (N-methyl/N-ethyl adjacent to an activating group) is 1. The molecule has 6 nitrogen and oxygen atoms in total. The number of alkyl halides is 3. The van der Waals surface area contributed by atoms with Crippen molar-refractivity contribution < 1.29 is 18.3 Å². The summed E-state index contributed by atoms with van der Waals surface area (Å²) in [6, 6.07) is 7.65. The van der Waals surface area contributed by atoms with Crippen LogP contribution in [0.15, 0.2) is 41.0 Å². The Bertz CT molecular complexity index is 878. The summed E-state index contributed by atoms with van der Waals surface area (Å²) in [6.07, 6.45) is 2.57. The summed E-state index contributed by atoms with van der Waals surface area (Å²) in [4.78, 5) is 21.3. The van der Waals surface area contributed by atoms with Gasteiger partial charge < -0.3 is 19.9 Å². The molecular formula is C19H20BrClF2N4O2. The summed E-state index contributed by atoms with van der Waals surface area (Å²) in [5, 5.41) is 2.69. The number of hydrogen-bond donors (Lipinski definition) is 1. The number of carbonyl (C=O) groups excluding carboxylic acids is 1. The second-order valence-electron chi connectivity index (χ2n) is 6.91. The first-order valence-corrected chi connectivity index (χ1v) is 10.0. The Labute approximate surface area is 180 Å². The Morgan fingerprint density at radius 3 is 2.62 bits per heavy atom. The quantitative estimate of drug-likeness (QED) is 0.610. The Balaban J connectivity index is 1.65. The van der Waals surface area contributed by atoms with Gasteiger partial charge in [-0.1, -0.05) is 0 Å². The molecule has 10 heteroatoms. The summed E-state index contributed by atoms with van der Waals surface area (Å²) >= 11 is 8.23. The molecule has 1 atom stereocenters. The lowest BCUT2D eigenvalue weighted by Crippen LogP contribution is -2.31. The van der Waals surface area contributed by atoms with Crippen molar-refractivity contribution in [3.05, 3.63) is 46.6 Å². The summed E-state index contributed by atoms with van der Waals surface area (Å²) < 4.78 is 30.3. The largest absolute Gasteiger partial charge is 0.487 e. The molecule has 1 aromatic carbocycles. The van der Waals surface area contributed by atoms with E-state index < -0.39 is 5.57 Å². The standard InChI is InChI=1S/C19H20BrClF2N4O2/c1-26(2)14-7-8-27(11-14)17-16(20)9-12(10-24-17)18(28)25-13-3-5-15(6-4-13)29-19(21,22)23/h3-6,9-10,14H,7-8,11H2,1-2H3,(H,25,28)/t14-/m1/s1. The number of ether oxygens (including phenoxy) is 1. The maximum atomic E-state index is 12.6. The molecule has 0 aliphatic carbocycles. The van der Waals surface area contributed by atoms with Crippen LogP contribution in [-0.2, 0) is 0 Å². The number of halogens is 4. The van der Waals surface area contributed by atoms with Crippen LogP contribution in [0.5, 0.6) is 5.75 Å². The molecule has 1 aliphatic heterocycles. The van der Waals surface area contributed by atoms with Gasteiger partial charge in [0.1, 0.15) is 11.6 Å². The van der Waals surface area contributed by atoms with E-state index in [1.165, 1.54) is 30.5 Å². The minimum Gasteiger partial charge on any atom is -0.420 e. The maximum absolute atomic E-state index is 12.6. The molecule has 1 N–H and O–H groups in total. The van der Waals surface area contributed by atoms with Gasteiger partial charge in [0.25, 0.3) is 5.91 Å². The Hall–Kier alpha value is -1.97. The van der Waals surface area contributed by atoms with Crippen molar-refractivity contribution in [3.63, 3.8) is 0 Å². The van der Waals surface area contributed by atoms with Crippen LogP contribution in [0, 0.1) is 0 Å². The number of nitrogens with zero attached hydrogens (tertiary/aromatic N) is 3. The van der Waals surface area contributed by atoms with Gasteiger partial charge in [-0.05, 0) is 66.8 Å². The van der Waals surface area contributed by atoms with Crippen LogP contribution in [-0.4, -0.2) is 54.6 Å². The monoisotopic (exact) mass is 488 g/mol. The van der Waals surface area contributed by atoms with E-state index in [4.69, 9.17) is 11.6 Å². The van der Waals surface area contributed by atoms with Gasteiger partial charge in [0.15, 0.2) is 0 Å². The highest BCUT2D eigenvalue weighted by molar-refractivity contribution is 9.10. The number of pyridine rings is 1. The molecule has 1 saturated heterocycles. The molecule has 1 amide bonds. The van der Waals surface area contributed by atoms with Gasteiger partial charge in [0.2, 0.25) is 0 Å². The average Bonchev–Trinajstić information content (AvgIpc) is 3.12. The fourth-order valence-corrected chi connectivity index (χ4v) is 3.78. The van der Waals surface area contributed by atoms with Crippen LogP contribution in [0.25, 0.3) is 0 Å². The predicted octanol–water partition coefficient (Wildman–Crippen LogP) is 4.40. The van der Waals surface area contributed by atoms with Gasteiger partial charge in [0.05, 0.1) is 10.0 Å². The number of benzene rings is 1. The number of amides is 1.